The number of quaternary nitrogens is 1. The van der Waals surface area contributed by atoms with Gasteiger partial charge in [-0.15, -0.1) is 0 Å². The smallest absolute Gasteiger partial charge is 0.0961 e. The molecule has 98 valence electrons. The molecule has 3 heteroatoms. The van der Waals surface area contributed by atoms with Crippen LogP contribution in [0.5, 0.6) is 0 Å². The molecule has 0 atom stereocenters. The summed E-state index contributed by atoms with van der Waals surface area (Å²) in [5, 5.41) is 0. The maximum absolute atomic E-state index is 2.32. The van der Waals surface area contributed by atoms with Crippen LogP contribution in [0.4, 0.5) is 5.69 Å². The van der Waals surface area contributed by atoms with E-state index in [1.165, 1.54) is 35.8 Å². The first kappa shape index (κ1) is 13.5. The molecule has 0 aromatic heterocycles. The Morgan fingerprint density at radius 1 is 1.17 bits per heavy atom. The van der Waals surface area contributed by atoms with E-state index in [9.17, 15) is 0 Å². The molecule has 0 radical (unpaired) electrons. The van der Waals surface area contributed by atoms with E-state index in [0.717, 1.165) is 6.54 Å². The summed E-state index contributed by atoms with van der Waals surface area (Å²) in [6.07, 6.45) is 4.56. The van der Waals surface area contributed by atoms with Crippen LogP contribution in [0.3, 0.4) is 0 Å². The fourth-order valence-electron chi connectivity index (χ4n) is 2.11. The van der Waals surface area contributed by atoms with E-state index < -0.39 is 0 Å². The molecule has 1 aliphatic heterocycles. The van der Waals surface area contributed by atoms with Gasteiger partial charge in [-0.25, -0.2) is 0 Å². The molecule has 1 aliphatic rings. The number of hydrogen-bond donors (Lipinski definition) is 1. The van der Waals surface area contributed by atoms with Crippen LogP contribution in [0, 0.1) is 0 Å². The Balaban J connectivity index is 1.84. The van der Waals surface area contributed by atoms with Gasteiger partial charge in [-0.2, -0.15) is 11.8 Å². The minimum absolute atomic E-state index is 1.16. The van der Waals surface area contributed by atoms with Crippen LogP contribution in [0.15, 0.2) is 30.3 Å². The topological polar surface area (TPSA) is 7.68 Å². The fourth-order valence-corrected chi connectivity index (χ4v) is 3.18. The molecule has 1 aromatic carbocycles. The van der Waals surface area contributed by atoms with E-state index in [-0.39, 0.29) is 0 Å². The Morgan fingerprint density at radius 2 is 1.83 bits per heavy atom. The predicted molar refractivity (Wildman–Crippen MR) is 82.7 cm³/mol. The average molecular weight is 263 g/mol. The van der Waals surface area contributed by atoms with Gasteiger partial charge in [-0.3, -0.25) is 0 Å². The van der Waals surface area contributed by atoms with Crippen molar-refractivity contribution in [2.24, 2.45) is 0 Å². The minimum atomic E-state index is 1.16. The highest BCUT2D eigenvalue weighted by molar-refractivity contribution is 7.99. The highest BCUT2D eigenvalue weighted by Crippen LogP contribution is 2.12. The van der Waals surface area contributed by atoms with Gasteiger partial charge in [0.25, 0.3) is 0 Å². The number of nitrogens with zero attached hydrogens (tertiary/aromatic N) is 1. The molecule has 1 fully saturated rings. The first-order chi connectivity index (χ1) is 8.75. The van der Waals surface area contributed by atoms with Crippen LogP contribution in [0.25, 0.3) is 6.08 Å². The van der Waals surface area contributed by atoms with Crippen molar-refractivity contribution in [2.75, 3.05) is 50.1 Å². The zero-order chi connectivity index (χ0) is 12.8. The highest BCUT2D eigenvalue weighted by atomic mass is 32.2. The molecule has 18 heavy (non-hydrogen) atoms. The molecule has 2 rings (SSSR count). The Hall–Kier alpha value is -0.930. The lowest BCUT2D eigenvalue weighted by Gasteiger charge is -2.21. The first-order valence-corrected chi connectivity index (χ1v) is 7.76. The van der Waals surface area contributed by atoms with Crippen molar-refractivity contribution in [2.45, 2.75) is 0 Å². The van der Waals surface area contributed by atoms with Gasteiger partial charge in [0, 0.05) is 31.3 Å². The molecule has 0 aliphatic carbocycles. The highest BCUT2D eigenvalue weighted by Gasteiger charge is 2.11. The standard InChI is InChI=1S/C15H22N2S/c1-16(2)15-7-5-14(6-8-15)4-3-9-17-10-12-18-13-11-17/h3-8H,9-13H2,1-2H3/p+1/b4-3+. The van der Waals surface area contributed by atoms with E-state index >= 15 is 0 Å². The molecule has 1 N–H and O–H groups in total. The lowest BCUT2D eigenvalue weighted by Crippen LogP contribution is -3.13. The van der Waals surface area contributed by atoms with Gasteiger partial charge in [-0.05, 0) is 23.8 Å². The number of rotatable bonds is 4. The number of anilines is 1. The summed E-state index contributed by atoms with van der Waals surface area (Å²) in [5.41, 5.74) is 2.55. The summed E-state index contributed by atoms with van der Waals surface area (Å²) in [6, 6.07) is 8.72. The molecule has 0 saturated carbocycles. The van der Waals surface area contributed by atoms with Crippen molar-refractivity contribution < 1.29 is 4.90 Å². The van der Waals surface area contributed by atoms with Gasteiger partial charge in [0.05, 0.1) is 19.6 Å². The second kappa shape index (κ2) is 6.86. The Kier molecular flexibility index (Phi) is 5.14. The van der Waals surface area contributed by atoms with Gasteiger partial charge >= 0.3 is 0 Å². The minimum Gasteiger partial charge on any atom is -0.378 e. The number of benzene rings is 1. The monoisotopic (exact) mass is 263 g/mol. The van der Waals surface area contributed by atoms with Crippen LogP contribution >= 0.6 is 11.8 Å². The number of hydrogen-bond acceptors (Lipinski definition) is 2. The SMILES string of the molecule is CN(C)c1ccc(/C=C/C[NH+]2CCSCC2)cc1. The summed E-state index contributed by atoms with van der Waals surface area (Å²) >= 11 is 2.08. The maximum atomic E-state index is 2.32. The molecular formula is C15H23N2S+. The molecule has 0 unspecified atom stereocenters. The quantitative estimate of drug-likeness (QED) is 0.878. The van der Waals surface area contributed by atoms with Crippen molar-refractivity contribution in [3.63, 3.8) is 0 Å². The van der Waals surface area contributed by atoms with E-state index in [0.29, 0.717) is 0 Å². The van der Waals surface area contributed by atoms with E-state index in [1.807, 2.05) is 0 Å². The third-order valence-electron chi connectivity index (χ3n) is 3.33. The largest absolute Gasteiger partial charge is 0.378 e. The second-order valence-electron chi connectivity index (χ2n) is 4.95. The summed E-state index contributed by atoms with van der Waals surface area (Å²) in [5.74, 6) is 2.64. The first-order valence-electron chi connectivity index (χ1n) is 6.61. The molecular weight excluding hydrogens is 240 g/mol. The summed E-state index contributed by atoms with van der Waals surface area (Å²) in [7, 11) is 4.14. The van der Waals surface area contributed by atoms with Gasteiger partial charge in [-0.1, -0.05) is 18.2 Å². The zero-order valence-electron chi connectivity index (χ0n) is 11.4. The summed E-state index contributed by atoms with van der Waals surface area (Å²) < 4.78 is 0. The Bertz CT molecular complexity index is 378. The van der Waals surface area contributed by atoms with Crippen molar-refractivity contribution in [3.8, 4) is 0 Å². The van der Waals surface area contributed by atoms with Crippen molar-refractivity contribution in [1.29, 1.82) is 0 Å². The van der Waals surface area contributed by atoms with Crippen molar-refractivity contribution >= 4 is 23.5 Å². The molecule has 1 saturated heterocycles. The fraction of sp³-hybridized carbons (Fsp3) is 0.467. The van der Waals surface area contributed by atoms with Gasteiger partial charge in [0.1, 0.15) is 0 Å². The Morgan fingerprint density at radius 3 is 2.44 bits per heavy atom. The van der Waals surface area contributed by atoms with Crippen LogP contribution in [-0.2, 0) is 0 Å². The van der Waals surface area contributed by atoms with Crippen molar-refractivity contribution in [1.82, 2.24) is 0 Å². The lowest BCUT2D eigenvalue weighted by molar-refractivity contribution is -0.890. The second-order valence-corrected chi connectivity index (χ2v) is 6.18. The summed E-state index contributed by atoms with van der Waals surface area (Å²) in [6.45, 7) is 3.79. The van der Waals surface area contributed by atoms with Crippen molar-refractivity contribution in [3.05, 3.63) is 35.9 Å². The third kappa shape index (κ3) is 4.07. The zero-order valence-corrected chi connectivity index (χ0v) is 12.2. The van der Waals surface area contributed by atoms with Crippen LogP contribution in [-0.4, -0.2) is 45.2 Å². The van der Waals surface area contributed by atoms with Gasteiger partial charge in [0.15, 0.2) is 0 Å². The molecule has 1 heterocycles. The third-order valence-corrected chi connectivity index (χ3v) is 4.31. The van der Waals surface area contributed by atoms with Crippen LogP contribution < -0.4 is 9.80 Å². The van der Waals surface area contributed by atoms with Crippen LogP contribution in [0.2, 0.25) is 0 Å². The maximum Gasteiger partial charge on any atom is 0.0961 e. The summed E-state index contributed by atoms with van der Waals surface area (Å²) in [4.78, 5) is 3.85. The van der Waals surface area contributed by atoms with Gasteiger partial charge in [0.2, 0.25) is 0 Å². The average Bonchev–Trinajstić information content (AvgIpc) is 2.40. The Labute approximate surface area is 115 Å². The van der Waals surface area contributed by atoms with E-state index in [4.69, 9.17) is 0 Å². The van der Waals surface area contributed by atoms with E-state index in [1.54, 1.807) is 4.90 Å². The predicted octanol–water partition coefficient (Wildman–Crippen LogP) is 1.40. The molecule has 0 amide bonds. The molecule has 0 spiro atoms. The molecule has 2 nitrogen and oxygen atoms in total. The lowest BCUT2D eigenvalue weighted by atomic mass is 10.2. The van der Waals surface area contributed by atoms with Gasteiger partial charge < -0.3 is 9.80 Å². The number of nitrogens with one attached hydrogen (secondary N) is 1. The molecule has 0 bridgehead atoms. The van der Waals surface area contributed by atoms with E-state index in [2.05, 4.69) is 67.2 Å². The molecule has 1 aromatic rings. The van der Waals surface area contributed by atoms with Crippen LogP contribution in [0.1, 0.15) is 5.56 Å². The number of thioether (sulfide) groups is 1. The normalized spacial score (nSPS) is 17.2.